The maximum atomic E-state index is 11.4. The van der Waals surface area contributed by atoms with Gasteiger partial charge in [0.05, 0.1) is 18.6 Å². The summed E-state index contributed by atoms with van der Waals surface area (Å²) in [6, 6.07) is 9.84. The van der Waals surface area contributed by atoms with E-state index in [9.17, 15) is 4.79 Å². The highest BCUT2D eigenvalue weighted by Gasteiger charge is 2.15. The number of carbonyl (C=O) groups is 1. The Morgan fingerprint density at radius 2 is 2.00 bits per heavy atom. The summed E-state index contributed by atoms with van der Waals surface area (Å²) in [6.07, 6.45) is 1.59. The quantitative estimate of drug-likeness (QED) is 0.690. The summed E-state index contributed by atoms with van der Waals surface area (Å²) < 4.78 is 1.85. The van der Waals surface area contributed by atoms with Gasteiger partial charge in [0.15, 0.2) is 10.8 Å². The summed E-state index contributed by atoms with van der Waals surface area (Å²) in [5.74, 6) is -0.573. The molecule has 5 N–H and O–H groups in total. The molecule has 0 saturated carbocycles. The van der Waals surface area contributed by atoms with Crippen molar-refractivity contribution in [2.24, 2.45) is 11.5 Å². The Morgan fingerprint density at radius 3 is 2.60 bits per heavy atom. The number of rotatable bonds is 5. The number of hydrogen-bond donors (Lipinski definition) is 3. The van der Waals surface area contributed by atoms with Gasteiger partial charge in [-0.2, -0.15) is 0 Å². The van der Waals surface area contributed by atoms with E-state index in [0.717, 1.165) is 5.56 Å². The molecule has 1 aromatic carbocycles. The molecule has 1 heterocycles. The van der Waals surface area contributed by atoms with Crippen molar-refractivity contribution in [2.75, 3.05) is 0 Å². The molecule has 1 aromatic heterocycles. The molecule has 0 aliphatic heterocycles. The molecule has 0 radical (unpaired) electrons. The van der Waals surface area contributed by atoms with Gasteiger partial charge in [0.25, 0.3) is 5.91 Å². The fourth-order valence-corrected chi connectivity index (χ4v) is 1.96. The Morgan fingerprint density at radius 1 is 1.30 bits per heavy atom. The minimum Gasteiger partial charge on any atom is -0.376 e. The zero-order valence-electron chi connectivity index (χ0n) is 10.7. The fourth-order valence-electron chi connectivity index (χ4n) is 1.89. The molecular weight excluding hydrogens is 274 g/mol. The average Bonchev–Trinajstić information content (AvgIpc) is 2.80. The molecular formula is C13H15N5OS. The van der Waals surface area contributed by atoms with E-state index in [2.05, 4.69) is 10.3 Å². The summed E-state index contributed by atoms with van der Waals surface area (Å²) in [4.78, 5) is 15.4. The molecule has 7 heteroatoms. The van der Waals surface area contributed by atoms with Crippen molar-refractivity contribution in [3.05, 3.63) is 53.6 Å². The highest BCUT2D eigenvalue weighted by atomic mass is 32.1. The lowest BCUT2D eigenvalue weighted by Gasteiger charge is -2.10. The standard InChI is InChI=1S/C13H15N5OS/c14-12(19)11-10(6-16-13(15)20)18(8-17-11)7-9-4-2-1-3-5-9/h1-5,8H,6-7H2,(H2,14,19)(H3,15,16,20). The summed E-state index contributed by atoms with van der Waals surface area (Å²) in [5.41, 5.74) is 12.7. The van der Waals surface area contributed by atoms with Crippen LogP contribution in [0.3, 0.4) is 0 Å². The number of benzene rings is 1. The Balaban J connectivity index is 2.27. The largest absolute Gasteiger partial charge is 0.376 e. The minimum atomic E-state index is -0.573. The third-order valence-corrected chi connectivity index (χ3v) is 2.95. The number of nitrogens with zero attached hydrogens (tertiary/aromatic N) is 2. The van der Waals surface area contributed by atoms with Crippen molar-refractivity contribution >= 4 is 23.2 Å². The first-order valence-electron chi connectivity index (χ1n) is 5.99. The molecule has 0 aliphatic rings. The number of primary amides is 1. The van der Waals surface area contributed by atoms with Crippen LogP contribution < -0.4 is 16.8 Å². The number of imidazole rings is 1. The van der Waals surface area contributed by atoms with Crippen LogP contribution in [-0.4, -0.2) is 20.6 Å². The van der Waals surface area contributed by atoms with Crippen molar-refractivity contribution in [3.63, 3.8) is 0 Å². The van der Waals surface area contributed by atoms with E-state index < -0.39 is 5.91 Å². The van der Waals surface area contributed by atoms with E-state index in [1.165, 1.54) is 0 Å². The van der Waals surface area contributed by atoms with Gasteiger partial charge in [0.1, 0.15) is 0 Å². The zero-order chi connectivity index (χ0) is 14.5. The second-order valence-electron chi connectivity index (χ2n) is 4.24. The summed E-state index contributed by atoms with van der Waals surface area (Å²) in [7, 11) is 0. The predicted octanol–water partition coefficient (Wildman–Crippen LogP) is 0.363. The molecule has 1 amide bonds. The molecule has 0 spiro atoms. The minimum absolute atomic E-state index is 0.160. The van der Waals surface area contributed by atoms with E-state index in [0.29, 0.717) is 18.8 Å². The van der Waals surface area contributed by atoms with E-state index >= 15 is 0 Å². The smallest absolute Gasteiger partial charge is 0.269 e. The molecule has 6 nitrogen and oxygen atoms in total. The van der Waals surface area contributed by atoms with E-state index in [1.54, 1.807) is 6.33 Å². The number of nitrogens with two attached hydrogens (primary N) is 2. The highest BCUT2D eigenvalue weighted by Crippen LogP contribution is 2.10. The van der Waals surface area contributed by atoms with Crippen molar-refractivity contribution < 1.29 is 4.79 Å². The van der Waals surface area contributed by atoms with Gasteiger partial charge < -0.3 is 21.4 Å². The molecule has 20 heavy (non-hydrogen) atoms. The van der Waals surface area contributed by atoms with Gasteiger partial charge in [-0.25, -0.2) is 4.98 Å². The third kappa shape index (κ3) is 3.33. The van der Waals surface area contributed by atoms with Crippen LogP contribution in [0.2, 0.25) is 0 Å². The molecule has 0 bridgehead atoms. The van der Waals surface area contributed by atoms with Crippen LogP contribution in [0.1, 0.15) is 21.7 Å². The van der Waals surface area contributed by atoms with Crippen LogP contribution >= 0.6 is 12.2 Å². The van der Waals surface area contributed by atoms with Gasteiger partial charge in [-0.1, -0.05) is 30.3 Å². The Hall–Kier alpha value is -2.41. The summed E-state index contributed by atoms with van der Waals surface area (Å²) in [5, 5.41) is 2.97. The van der Waals surface area contributed by atoms with Crippen molar-refractivity contribution in [1.82, 2.24) is 14.9 Å². The molecule has 2 rings (SSSR count). The van der Waals surface area contributed by atoms with E-state index in [1.807, 2.05) is 34.9 Å². The highest BCUT2D eigenvalue weighted by molar-refractivity contribution is 7.80. The van der Waals surface area contributed by atoms with Gasteiger partial charge >= 0.3 is 0 Å². The molecule has 0 unspecified atom stereocenters. The molecule has 0 fully saturated rings. The first kappa shape index (κ1) is 14.0. The Labute approximate surface area is 121 Å². The summed E-state index contributed by atoms with van der Waals surface area (Å²) >= 11 is 4.77. The van der Waals surface area contributed by atoms with Crippen molar-refractivity contribution in [1.29, 1.82) is 0 Å². The van der Waals surface area contributed by atoms with E-state index in [4.69, 9.17) is 23.7 Å². The maximum absolute atomic E-state index is 11.4. The molecule has 0 aliphatic carbocycles. The van der Waals surface area contributed by atoms with Gasteiger partial charge in [-0.3, -0.25) is 4.79 Å². The predicted molar refractivity (Wildman–Crippen MR) is 79.9 cm³/mol. The summed E-state index contributed by atoms with van der Waals surface area (Å²) in [6.45, 7) is 0.899. The number of hydrogen-bond acceptors (Lipinski definition) is 3. The van der Waals surface area contributed by atoms with Gasteiger partial charge in [0.2, 0.25) is 0 Å². The monoisotopic (exact) mass is 289 g/mol. The number of thiocarbonyl (C=S) groups is 1. The van der Waals surface area contributed by atoms with Gasteiger partial charge in [-0.05, 0) is 17.8 Å². The third-order valence-electron chi connectivity index (χ3n) is 2.81. The molecule has 2 aromatic rings. The van der Waals surface area contributed by atoms with Crippen LogP contribution in [0.25, 0.3) is 0 Å². The number of carbonyl (C=O) groups excluding carboxylic acids is 1. The Kier molecular flexibility index (Phi) is 4.31. The molecule has 0 saturated heterocycles. The van der Waals surface area contributed by atoms with Crippen molar-refractivity contribution in [2.45, 2.75) is 13.1 Å². The normalized spacial score (nSPS) is 10.2. The topological polar surface area (TPSA) is 99.0 Å². The average molecular weight is 289 g/mol. The second kappa shape index (κ2) is 6.16. The molecule has 104 valence electrons. The second-order valence-corrected chi connectivity index (χ2v) is 4.68. The van der Waals surface area contributed by atoms with Crippen LogP contribution in [0, 0.1) is 0 Å². The van der Waals surface area contributed by atoms with E-state index in [-0.39, 0.29) is 10.8 Å². The maximum Gasteiger partial charge on any atom is 0.269 e. The Bertz CT molecular complexity index is 623. The lowest BCUT2D eigenvalue weighted by atomic mass is 10.2. The lowest BCUT2D eigenvalue weighted by Crippen LogP contribution is -2.30. The van der Waals surface area contributed by atoms with Crippen LogP contribution in [0.4, 0.5) is 0 Å². The fraction of sp³-hybridized carbons (Fsp3) is 0.154. The lowest BCUT2D eigenvalue weighted by molar-refractivity contribution is 0.0995. The van der Waals surface area contributed by atoms with Crippen LogP contribution in [0.5, 0.6) is 0 Å². The first-order chi connectivity index (χ1) is 9.58. The van der Waals surface area contributed by atoms with Gasteiger partial charge in [-0.15, -0.1) is 0 Å². The van der Waals surface area contributed by atoms with Crippen molar-refractivity contribution in [3.8, 4) is 0 Å². The zero-order valence-corrected chi connectivity index (χ0v) is 11.6. The number of nitrogens with one attached hydrogen (secondary N) is 1. The van der Waals surface area contributed by atoms with Crippen LogP contribution in [0.15, 0.2) is 36.7 Å². The van der Waals surface area contributed by atoms with Gasteiger partial charge in [0, 0.05) is 6.54 Å². The SMILES string of the molecule is NC(=O)c1ncn(Cc2ccccc2)c1CNC(N)=S. The number of amides is 1. The number of aromatic nitrogens is 2. The first-order valence-corrected chi connectivity index (χ1v) is 6.40. The molecule has 0 atom stereocenters. The van der Waals surface area contributed by atoms with Crippen LogP contribution in [-0.2, 0) is 13.1 Å².